The minimum absolute atomic E-state index is 0. The Morgan fingerprint density at radius 1 is 1.27 bits per heavy atom. The van der Waals surface area contributed by atoms with Gasteiger partial charge in [-0.2, -0.15) is 0 Å². The first-order valence-corrected chi connectivity index (χ1v) is 4.39. The quantitative estimate of drug-likeness (QED) is 0.338. The van der Waals surface area contributed by atoms with Gasteiger partial charge in [0.15, 0.2) is 0 Å². The standard InChI is InChI=1S/C2H8N2.C2H6O3S.Na/c3-1-2-4;1-2-6(3,4)5;/h1-4H2;2H2,1H3,(H,3,4,5);/q;;+1/p-1. The maximum absolute atomic E-state index is 9.44. The van der Waals surface area contributed by atoms with Crippen LogP contribution in [0.25, 0.3) is 0 Å². The van der Waals surface area contributed by atoms with Gasteiger partial charge in [0, 0.05) is 18.8 Å². The van der Waals surface area contributed by atoms with E-state index in [9.17, 15) is 13.0 Å². The molecule has 0 amide bonds. The zero-order valence-corrected chi connectivity index (χ0v) is 9.73. The molecule has 0 aromatic heterocycles. The van der Waals surface area contributed by atoms with E-state index in [1.807, 2.05) is 0 Å². The van der Waals surface area contributed by atoms with E-state index in [1.54, 1.807) is 0 Å². The van der Waals surface area contributed by atoms with Crippen LogP contribution in [0, 0.1) is 0 Å². The first-order valence-electron chi connectivity index (χ1n) is 2.81. The van der Waals surface area contributed by atoms with Gasteiger partial charge in [-0.3, -0.25) is 0 Å². The fraction of sp³-hybridized carbons (Fsp3) is 1.00. The molecule has 0 saturated carbocycles. The van der Waals surface area contributed by atoms with Crippen molar-refractivity contribution in [2.45, 2.75) is 6.92 Å². The van der Waals surface area contributed by atoms with Gasteiger partial charge in [-0.25, -0.2) is 8.42 Å². The van der Waals surface area contributed by atoms with E-state index in [1.165, 1.54) is 6.92 Å². The Balaban J connectivity index is -0.000000114. The van der Waals surface area contributed by atoms with Crippen LogP contribution in [0.1, 0.15) is 6.92 Å². The van der Waals surface area contributed by atoms with Crippen LogP contribution in [0.3, 0.4) is 0 Å². The van der Waals surface area contributed by atoms with Gasteiger partial charge >= 0.3 is 29.6 Å². The summed E-state index contributed by atoms with van der Waals surface area (Å²) in [6.07, 6.45) is 0. The molecule has 64 valence electrons. The fourth-order valence-electron chi connectivity index (χ4n) is 0. The second-order valence-corrected chi connectivity index (χ2v) is 3.12. The van der Waals surface area contributed by atoms with Gasteiger partial charge in [-0.15, -0.1) is 0 Å². The first kappa shape index (κ1) is 17.8. The molecule has 0 atom stereocenters. The largest absolute Gasteiger partial charge is 1.00 e. The van der Waals surface area contributed by atoms with Crippen LogP contribution in [0.4, 0.5) is 0 Å². The van der Waals surface area contributed by atoms with E-state index >= 15 is 0 Å². The van der Waals surface area contributed by atoms with Gasteiger partial charge in [0.05, 0.1) is 10.1 Å². The van der Waals surface area contributed by atoms with E-state index in [4.69, 9.17) is 11.5 Å². The van der Waals surface area contributed by atoms with Crippen molar-refractivity contribution >= 4 is 10.1 Å². The van der Waals surface area contributed by atoms with Crippen molar-refractivity contribution in [1.82, 2.24) is 0 Å². The topological polar surface area (TPSA) is 109 Å². The second kappa shape index (κ2) is 10.8. The first-order chi connectivity index (χ1) is 4.47. The fourth-order valence-corrected chi connectivity index (χ4v) is 0. The summed E-state index contributed by atoms with van der Waals surface area (Å²) in [5.41, 5.74) is 9.81. The smallest absolute Gasteiger partial charge is 0.748 e. The Kier molecular flexibility index (Phi) is 17.5. The molecule has 0 aliphatic heterocycles. The van der Waals surface area contributed by atoms with Crippen molar-refractivity contribution < 1.29 is 42.5 Å². The van der Waals surface area contributed by atoms with Crippen molar-refractivity contribution in [2.24, 2.45) is 11.5 Å². The normalized spacial score (nSPS) is 9.09. The molecule has 0 bridgehead atoms. The summed E-state index contributed by atoms with van der Waals surface area (Å²) in [5, 5.41) is 0. The Bertz CT molecular complexity index is 145. The van der Waals surface area contributed by atoms with Gasteiger partial charge in [-0.05, 0) is 0 Å². The van der Waals surface area contributed by atoms with Crippen LogP contribution >= 0.6 is 0 Å². The summed E-state index contributed by atoms with van der Waals surface area (Å²) >= 11 is 0. The Morgan fingerprint density at radius 2 is 1.45 bits per heavy atom. The molecule has 5 nitrogen and oxygen atoms in total. The Hall–Kier alpha value is 0.830. The van der Waals surface area contributed by atoms with E-state index in [-0.39, 0.29) is 35.3 Å². The molecule has 11 heavy (non-hydrogen) atoms. The zero-order valence-electron chi connectivity index (χ0n) is 6.91. The van der Waals surface area contributed by atoms with Gasteiger partial charge in [0.1, 0.15) is 0 Å². The molecule has 0 rings (SSSR count). The minimum atomic E-state index is -3.91. The Morgan fingerprint density at radius 3 is 1.45 bits per heavy atom. The maximum Gasteiger partial charge on any atom is 1.00 e. The monoisotopic (exact) mass is 192 g/mol. The van der Waals surface area contributed by atoms with Crippen LogP contribution in [0.5, 0.6) is 0 Å². The average Bonchev–Trinajstić information content (AvgIpc) is 1.87. The third-order valence-corrected chi connectivity index (χ3v) is 1.23. The summed E-state index contributed by atoms with van der Waals surface area (Å²) < 4.78 is 28.3. The molecule has 0 aliphatic carbocycles. The molecular weight excluding hydrogens is 179 g/mol. The van der Waals surface area contributed by atoms with Gasteiger partial charge in [0.25, 0.3) is 0 Å². The molecule has 7 heteroatoms. The predicted octanol–water partition coefficient (Wildman–Crippen LogP) is -4.54. The van der Waals surface area contributed by atoms with Gasteiger partial charge in [0.2, 0.25) is 0 Å². The van der Waals surface area contributed by atoms with Gasteiger partial charge < -0.3 is 16.0 Å². The second-order valence-electron chi connectivity index (χ2n) is 1.42. The van der Waals surface area contributed by atoms with Crippen molar-refractivity contribution in [1.29, 1.82) is 0 Å². The van der Waals surface area contributed by atoms with E-state index in [2.05, 4.69) is 0 Å². The molecule has 0 aromatic rings. The molecule has 0 aliphatic rings. The third kappa shape index (κ3) is 36.2. The summed E-state index contributed by atoms with van der Waals surface area (Å²) in [7, 11) is -3.91. The van der Waals surface area contributed by atoms with Crippen LogP contribution in [0.2, 0.25) is 0 Å². The number of hydrogen-bond donors (Lipinski definition) is 2. The number of nitrogens with two attached hydrogens (primary N) is 2. The molecule has 0 unspecified atom stereocenters. The predicted molar refractivity (Wildman–Crippen MR) is 38.3 cm³/mol. The molecule has 0 saturated heterocycles. The van der Waals surface area contributed by atoms with Crippen LogP contribution in [-0.4, -0.2) is 31.8 Å². The minimum Gasteiger partial charge on any atom is -0.748 e. The molecular formula is C4H13N2NaO3S. The SMILES string of the molecule is CCS(=O)(=O)[O-].NCCN.[Na+]. The van der Waals surface area contributed by atoms with Gasteiger partial charge in [-0.1, -0.05) is 6.92 Å². The third-order valence-electron chi connectivity index (χ3n) is 0.520. The van der Waals surface area contributed by atoms with Crippen molar-refractivity contribution in [3.63, 3.8) is 0 Å². The Labute approximate surface area is 89.6 Å². The van der Waals surface area contributed by atoms with Crippen LogP contribution in [0.15, 0.2) is 0 Å². The average molecular weight is 192 g/mol. The van der Waals surface area contributed by atoms with E-state index in [0.29, 0.717) is 13.1 Å². The molecule has 0 radical (unpaired) electrons. The maximum atomic E-state index is 9.44. The summed E-state index contributed by atoms with van der Waals surface area (Å²) in [6.45, 7) is 2.50. The molecule has 0 spiro atoms. The summed E-state index contributed by atoms with van der Waals surface area (Å²) in [5.74, 6) is -0.312. The molecule has 0 aromatic carbocycles. The van der Waals surface area contributed by atoms with Crippen LogP contribution < -0.4 is 41.0 Å². The van der Waals surface area contributed by atoms with Crippen LogP contribution in [-0.2, 0) is 10.1 Å². The molecule has 0 fully saturated rings. The number of hydrogen-bond acceptors (Lipinski definition) is 5. The van der Waals surface area contributed by atoms with Crippen molar-refractivity contribution in [3.8, 4) is 0 Å². The number of rotatable bonds is 2. The van der Waals surface area contributed by atoms with E-state index < -0.39 is 10.1 Å². The zero-order chi connectivity index (χ0) is 8.62. The van der Waals surface area contributed by atoms with E-state index in [0.717, 1.165) is 0 Å². The molecule has 4 N–H and O–H groups in total. The van der Waals surface area contributed by atoms with Crippen molar-refractivity contribution in [2.75, 3.05) is 18.8 Å². The summed E-state index contributed by atoms with van der Waals surface area (Å²) in [6, 6.07) is 0. The summed E-state index contributed by atoms with van der Waals surface area (Å²) in [4.78, 5) is 0. The molecule has 0 heterocycles. The van der Waals surface area contributed by atoms with Crippen molar-refractivity contribution in [3.05, 3.63) is 0 Å².